The first-order valence-electron chi connectivity index (χ1n) is 9.57. The minimum absolute atomic E-state index is 0.0916. The van der Waals surface area contributed by atoms with Crippen LogP contribution in [0.1, 0.15) is 19.8 Å². The van der Waals surface area contributed by atoms with Crippen LogP contribution in [-0.4, -0.2) is 41.7 Å². The summed E-state index contributed by atoms with van der Waals surface area (Å²) in [5, 5.41) is 16.2. The molecule has 162 valence electrons. The molecule has 1 amide bonds. The molecule has 9 nitrogen and oxygen atoms in total. The fraction of sp³-hybridized carbons (Fsp3) is 0.190. The van der Waals surface area contributed by atoms with Gasteiger partial charge in [0.15, 0.2) is 0 Å². The molecule has 0 aliphatic rings. The van der Waals surface area contributed by atoms with Crippen LogP contribution < -0.4 is 9.62 Å². The Labute approximate surface area is 180 Å². The number of carbonyl (C=O) groups is 2. The molecule has 3 rings (SSSR count). The van der Waals surface area contributed by atoms with Gasteiger partial charge in [-0.1, -0.05) is 25.1 Å². The van der Waals surface area contributed by atoms with Crippen LogP contribution in [0.3, 0.4) is 0 Å². The predicted molar refractivity (Wildman–Crippen MR) is 116 cm³/mol. The van der Waals surface area contributed by atoms with Crippen molar-refractivity contribution in [3.63, 3.8) is 0 Å². The Kier molecular flexibility index (Phi) is 6.71. The van der Waals surface area contributed by atoms with Gasteiger partial charge in [0.1, 0.15) is 12.4 Å². The van der Waals surface area contributed by atoms with Crippen molar-refractivity contribution >= 4 is 33.4 Å². The Balaban J connectivity index is 1.97. The summed E-state index contributed by atoms with van der Waals surface area (Å²) in [5.41, 5.74) is 1.04. The number of aliphatic carboxylic acids is 1. The third kappa shape index (κ3) is 5.10. The lowest BCUT2D eigenvalue weighted by Gasteiger charge is -2.23. The predicted octanol–water partition coefficient (Wildman–Crippen LogP) is 2.89. The summed E-state index contributed by atoms with van der Waals surface area (Å²) in [6.07, 6.45) is 2.45. The molecule has 1 aromatic heterocycles. The number of rotatable bonds is 9. The number of nitrogens with one attached hydrogen (secondary N) is 1. The maximum atomic E-state index is 13.3. The van der Waals surface area contributed by atoms with Crippen molar-refractivity contribution in [3.8, 4) is 5.69 Å². The van der Waals surface area contributed by atoms with Gasteiger partial charge in [-0.05, 0) is 42.8 Å². The van der Waals surface area contributed by atoms with Gasteiger partial charge in [0.05, 0.1) is 16.8 Å². The molecule has 0 saturated carbocycles. The fourth-order valence-corrected chi connectivity index (χ4v) is 4.35. The highest BCUT2D eigenvalue weighted by Crippen LogP contribution is 2.26. The van der Waals surface area contributed by atoms with Crippen LogP contribution in [0.25, 0.3) is 5.69 Å². The van der Waals surface area contributed by atoms with E-state index in [2.05, 4.69) is 10.4 Å². The van der Waals surface area contributed by atoms with Gasteiger partial charge in [-0.2, -0.15) is 5.10 Å². The number of hydrogen-bond acceptors (Lipinski definition) is 5. The molecule has 1 heterocycles. The Morgan fingerprint density at radius 3 is 2.35 bits per heavy atom. The summed E-state index contributed by atoms with van der Waals surface area (Å²) in [6, 6.07) is 15.8. The summed E-state index contributed by atoms with van der Waals surface area (Å²) in [5.74, 6) is -1.39. The van der Waals surface area contributed by atoms with E-state index < -0.39 is 22.5 Å². The van der Waals surface area contributed by atoms with Gasteiger partial charge < -0.3 is 10.4 Å². The minimum atomic E-state index is -4.23. The molecule has 31 heavy (non-hydrogen) atoms. The average Bonchev–Trinajstić information content (AvgIpc) is 3.22. The summed E-state index contributed by atoms with van der Waals surface area (Å²) < 4.78 is 28.8. The average molecular weight is 442 g/mol. The van der Waals surface area contributed by atoms with Crippen LogP contribution in [0.15, 0.2) is 71.8 Å². The number of carboxylic acid groups (broad SMARTS) is 1. The molecule has 0 atom stereocenters. The molecule has 0 aliphatic heterocycles. The van der Waals surface area contributed by atoms with Crippen LogP contribution in [0.5, 0.6) is 0 Å². The number of carbonyl (C=O) groups excluding carboxylic acids is 1. The lowest BCUT2D eigenvalue weighted by atomic mass is 10.3. The van der Waals surface area contributed by atoms with Gasteiger partial charge >= 0.3 is 5.97 Å². The van der Waals surface area contributed by atoms with Crippen molar-refractivity contribution in [3.05, 3.63) is 66.9 Å². The van der Waals surface area contributed by atoms with Gasteiger partial charge in [-0.3, -0.25) is 9.59 Å². The number of amides is 1. The van der Waals surface area contributed by atoms with Gasteiger partial charge in [-0.15, -0.1) is 0 Å². The van der Waals surface area contributed by atoms with Crippen LogP contribution in [0.4, 0.5) is 11.5 Å². The molecule has 2 aromatic carbocycles. The maximum Gasteiger partial charge on any atom is 0.324 e. The number of nitrogens with zero attached hydrogens (tertiary/aromatic N) is 3. The zero-order valence-electron chi connectivity index (χ0n) is 16.8. The Morgan fingerprint density at radius 2 is 1.74 bits per heavy atom. The molecule has 2 N–H and O–H groups in total. The molecule has 0 aliphatic carbocycles. The highest BCUT2D eigenvalue weighted by atomic mass is 32.2. The molecule has 3 aromatic rings. The first-order chi connectivity index (χ1) is 14.8. The van der Waals surface area contributed by atoms with E-state index in [1.807, 2.05) is 6.92 Å². The number of sulfonamides is 1. The zero-order valence-corrected chi connectivity index (χ0v) is 17.6. The number of para-hydroxylation sites is 1. The van der Waals surface area contributed by atoms with E-state index in [0.717, 1.165) is 4.31 Å². The van der Waals surface area contributed by atoms with Crippen molar-refractivity contribution in [2.45, 2.75) is 24.7 Å². The molecule has 0 radical (unpaired) electrons. The first-order valence-corrected chi connectivity index (χ1v) is 11.0. The van der Waals surface area contributed by atoms with E-state index in [4.69, 9.17) is 0 Å². The third-order valence-electron chi connectivity index (χ3n) is 4.36. The Morgan fingerprint density at radius 1 is 1.06 bits per heavy atom. The van der Waals surface area contributed by atoms with E-state index in [9.17, 15) is 23.1 Å². The smallest absolute Gasteiger partial charge is 0.324 e. The summed E-state index contributed by atoms with van der Waals surface area (Å²) in [7, 11) is -4.23. The molecule has 0 unspecified atom stereocenters. The van der Waals surface area contributed by atoms with Crippen molar-refractivity contribution in [1.82, 2.24) is 9.78 Å². The van der Waals surface area contributed by atoms with Crippen LogP contribution >= 0.6 is 0 Å². The largest absolute Gasteiger partial charge is 0.480 e. The summed E-state index contributed by atoms with van der Waals surface area (Å²) in [6.45, 7) is 1.10. The molecule has 0 saturated heterocycles. The monoisotopic (exact) mass is 442 g/mol. The van der Waals surface area contributed by atoms with E-state index in [1.54, 1.807) is 30.3 Å². The number of benzene rings is 2. The molecule has 10 heteroatoms. The molecule has 0 fully saturated rings. The van der Waals surface area contributed by atoms with Crippen LogP contribution in [0, 0.1) is 0 Å². The molecular weight excluding hydrogens is 420 g/mol. The first kappa shape index (κ1) is 22.0. The van der Waals surface area contributed by atoms with E-state index >= 15 is 0 Å². The standard InChI is InChI=1S/C21H22N4O5S/c1-2-6-19(26)23-16-9-11-18(12-10-16)31(29,30)24(15-21(27)28)20-13-14-22-25(20)17-7-4-3-5-8-17/h3-5,7-14H,2,6,15H2,1H3,(H,23,26)(H,27,28). The third-order valence-corrected chi connectivity index (χ3v) is 6.13. The SMILES string of the molecule is CCCC(=O)Nc1ccc(S(=O)(=O)N(CC(=O)O)c2ccnn2-c2ccccc2)cc1. The Bertz CT molecular complexity index is 1160. The van der Waals surface area contributed by atoms with Crippen molar-refractivity contribution < 1.29 is 23.1 Å². The maximum absolute atomic E-state index is 13.3. The second-order valence-electron chi connectivity index (χ2n) is 6.66. The van der Waals surface area contributed by atoms with E-state index in [0.29, 0.717) is 24.2 Å². The second kappa shape index (κ2) is 9.43. The summed E-state index contributed by atoms with van der Waals surface area (Å²) in [4.78, 5) is 23.1. The van der Waals surface area contributed by atoms with E-state index in [-0.39, 0.29) is 16.6 Å². The number of anilines is 2. The highest BCUT2D eigenvalue weighted by Gasteiger charge is 2.30. The second-order valence-corrected chi connectivity index (χ2v) is 8.53. The van der Waals surface area contributed by atoms with E-state index in [1.165, 1.54) is 41.2 Å². The van der Waals surface area contributed by atoms with Gasteiger partial charge in [0.25, 0.3) is 10.0 Å². The minimum Gasteiger partial charge on any atom is -0.480 e. The molecule has 0 spiro atoms. The molecule has 0 bridgehead atoms. The van der Waals surface area contributed by atoms with Crippen molar-refractivity contribution in [2.75, 3.05) is 16.2 Å². The lowest BCUT2D eigenvalue weighted by molar-refractivity contribution is -0.135. The topological polar surface area (TPSA) is 122 Å². The zero-order chi connectivity index (χ0) is 22.4. The number of carboxylic acids is 1. The molecular formula is C21H22N4O5S. The highest BCUT2D eigenvalue weighted by molar-refractivity contribution is 7.92. The normalized spacial score (nSPS) is 11.1. The van der Waals surface area contributed by atoms with Gasteiger partial charge in [0, 0.05) is 18.2 Å². The van der Waals surface area contributed by atoms with Crippen molar-refractivity contribution in [2.24, 2.45) is 0 Å². The van der Waals surface area contributed by atoms with Crippen LogP contribution in [0.2, 0.25) is 0 Å². The van der Waals surface area contributed by atoms with Crippen LogP contribution in [-0.2, 0) is 19.6 Å². The van der Waals surface area contributed by atoms with Crippen molar-refractivity contribution in [1.29, 1.82) is 0 Å². The van der Waals surface area contributed by atoms with Gasteiger partial charge in [-0.25, -0.2) is 17.4 Å². The number of hydrogen-bond donors (Lipinski definition) is 2. The Hall–Kier alpha value is -3.66. The lowest BCUT2D eigenvalue weighted by Crippen LogP contribution is -2.37. The number of aromatic nitrogens is 2. The fourth-order valence-electron chi connectivity index (χ4n) is 2.95. The van der Waals surface area contributed by atoms with Gasteiger partial charge in [0.2, 0.25) is 5.91 Å². The summed E-state index contributed by atoms with van der Waals surface area (Å²) >= 11 is 0. The quantitative estimate of drug-likeness (QED) is 0.526.